The normalized spacial score (nSPS) is 14.9. The van der Waals surface area contributed by atoms with Gasteiger partial charge in [0.2, 0.25) is 0 Å². The maximum absolute atomic E-state index is 12.9. The van der Waals surface area contributed by atoms with Gasteiger partial charge in [-0.3, -0.25) is 9.69 Å². The van der Waals surface area contributed by atoms with Gasteiger partial charge in [-0.25, -0.2) is 9.97 Å². The molecule has 30 heavy (non-hydrogen) atoms. The van der Waals surface area contributed by atoms with Gasteiger partial charge in [-0.15, -0.1) is 22.7 Å². The number of thiazole rings is 2. The Balaban J connectivity index is 1.26. The number of carbonyl (C=O) groups is 1. The second kappa shape index (κ2) is 10.0. The third-order valence-electron chi connectivity index (χ3n) is 5.11. The zero-order valence-electron chi connectivity index (χ0n) is 17.3. The van der Waals surface area contributed by atoms with Crippen LogP contribution in [0.2, 0.25) is 0 Å². The van der Waals surface area contributed by atoms with Crippen molar-refractivity contribution in [1.29, 1.82) is 0 Å². The minimum Gasteiger partial charge on any atom is -0.336 e. The van der Waals surface area contributed by atoms with Crippen LogP contribution in [0.1, 0.15) is 39.2 Å². The number of rotatable bonds is 7. The van der Waals surface area contributed by atoms with Crippen molar-refractivity contribution in [1.82, 2.24) is 19.8 Å². The fourth-order valence-electron chi connectivity index (χ4n) is 3.39. The second-order valence-corrected chi connectivity index (χ2v) is 10.4. The highest BCUT2D eigenvalue weighted by Gasteiger charge is 2.22. The average Bonchev–Trinajstić information content (AvgIpc) is 3.41. The molecule has 2 aromatic heterocycles. The molecule has 1 fully saturated rings. The molecule has 0 radical (unpaired) electrons. The number of amides is 1. The Morgan fingerprint density at radius 1 is 1.07 bits per heavy atom. The molecule has 1 aliphatic rings. The molecule has 3 aromatic rings. The van der Waals surface area contributed by atoms with Gasteiger partial charge in [-0.05, 0) is 31.0 Å². The first-order chi connectivity index (χ1) is 14.6. The van der Waals surface area contributed by atoms with Crippen LogP contribution >= 0.6 is 34.4 Å². The second-order valence-electron chi connectivity index (χ2n) is 7.39. The number of aryl methyl sites for hydroxylation is 2. The van der Waals surface area contributed by atoms with Crippen LogP contribution in [0.5, 0.6) is 0 Å². The molecule has 8 heteroatoms. The van der Waals surface area contributed by atoms with Crippen LogP contribution in [0.3, 0.4) is 0 Å². The number of nitrogens with zero attached hydrogens (tertiary/aromatic N) is 4. The number of piperazine rings is 1. The van der Waals surface area contributed by atoms with Gasteiger partial charge in [0, 0.05) is 60.5 Å². The fraction of sp³-hybridized carbons (Fsp3) is 0.409. The molecule has 0 aliphatic carbocycles. The molecule has 0 unspecified atom stereocenters. The van der Waals surface area contributed by atoms with E-state index >= 15 is 0 Å². The molecule has 0 N–H and O–H groups in total. The van der Waals surface area contributed by atoms with Crippen LogP contribution in [-0.4, -0.2) is 51.9 Å². The third-order valence-corrected chi connectivity index (χ3v) is 8.36. The minimum atomic E-state index is 0.131. The Bertz CT molecular complexity index is 974. The topological polar surface area (TPSA) is 49.3 Å². The summed E-state index contributed by atoms with van der Waals surface area (Å²) < 4.78 is 1.09. The van der Waals surface area contributed by atoms with E-state index in [0.717, 1.165) is 66.2 Å². The first-order valence-electron chi connectivity index (χ1n) is 10.2. The van der Waals surface area contributed by atoms with E-state index in [-0.39, 0.29) is 5.91 Å². The van der Waals surface area contributed by atoms with Crippen LogP contribution < -0.4 is 0 Å². The lowest BCUT2D eigenvalue weighted by Crippen LogP contribution is -2.48. The van der Waals surface area contributed by atoms with Crippen molar-refractivity contribution in [3.8, 4) is 0 Å². The standard InChI is InChI=1S/C22H26N4OS3/c1-3-20-24-19(15-28-20)12-25-8-10-26(11-9-25)21(27)18-6-4-17(5-7-18)14-30-22-23-16(2)13-29-22/h4-7,13,15H,3,8-12,14H2,1-2H3. The van der Waals surface area contributed by atoms with E-state index in [1.54, 1.807) is 34.4 Å². The number of carbonyl (C=O) groups excluding carboxylic acids is 1. The summed E-state index contributed by atoms with van der Waals surface area (Å²) in [6.07, 6.45) is 0.995. The summed E-state index contributed by atoms with van der Waals surface area (Å²) in [6, 6.07) is 8.04. The molecule has 158 valence electrons. The number of hydrogen-bond donors (Lipinski definition) is 0. The lowest BCUT2D eigenvalue weighted by molar-refractivity contribution is 0.0627. The Morgan fingerprint density at radius 2 is 1.83 bits per heavy atom. The summed E-state index contributed by atoms with van der Waals surface area (Å²) in [5.41, 5.74) is 4.21. The van der Waals surface area contributed by atoms with Gasteiger partial charge in [-0.1, -0.05) is 30.8 Å². The van der Waals surface area contributed by atoms with Crippen LogP contribution in [0.25, 0.3) is 0 Å². The van der Waals surface area contributed by atoms with Crippen LogP contribution in [0.15, 0.2) is 39.4 Å². The first-order valence-corrected chi connectivity index (χ1v) is 12.9. The highest BCUT2D eigenvalue weighted by atomic mass is 32.2. The van der Waals surface area contributed by atoms with Crippen molar-refractivity contribution in [3.63, 3.8) is 0 Å². The number of hydrogen-bond acceptors (Lipinski definition) is 7. The van der Waals surface area contributed by atoms with Crippen molar-refractivity contribution < 1.29 is 4.79 Å². The maximum Gasteiger partial charge on any atom is 0.253 e. The molecule has 5 nitrogen and oxygen atoms in total. The summed E-state index contributed by atoms with van der Waals surface area (Å²) in [7, 11) is 0. The van der Waals surface area contributed by atoms with E-state index in [1.807, 2.05) is 24.0 Å². The Kier molecular flexibility index (Phi) is 7.20. The van der Waals surface area contributed by atoms with Crippen molar-refractivity contribution in [2.45, 2.75) is 36.9 Å². The molecule has 0 saturated carbocycles. The number of thioether (sulfide) groups is 1. The molecule has 0 bridgehead atoms. The first kappa shape index (κ1) is 21.5. The maximum atomic E-state index is 12.9. The van der Waals surface area contributed by atoms with Gasteiger partial charge in [0.05, 0.1) is 10.7 Å². The fourth-order valence-corrected chi connectivity index (χ4v) is 5.93. The predicted octanol–water partition coefficient (Wildman–Crippen LogP) is 4.72. The molecule has 0 atom stereocenters. The molecule has 3 heterocycles. The van der Waals surface area contributed by atoms with E-state index in [9.17, 15) is 4.79 Å². The van der Waals surface area contributed by atoms with Crippen molar-refractivity contribution in [3.05, 3.63) is 62.5 Å². The summed E-state index contributed by atoms with van der Waals surface area (Å²) in [5.74, 6) is 1.00. The van der Waals surface area contributed by atoms with Gasteiger partial charge in [0.25, 0.3) is 5.91 Å². The van der Waals surface area contributed by atoms with Gasteiger partial charge in [0.1, 0.15) is 4.34 Å². The van der Waals surface area contributed by atoms with Gasteiger partial charge in [-0.2, -0.15) is 0 Å². The van der Waals surface area contributed by atoms with Crippen LogP contribution in [-0.2, 0) is 18.7 Å². The molecular weight excluding hydrogens is 432 g/mol. The lowest BCUT2D eigenvalue weighted by atomic mass is 10.1. The summed E-state index contributed by atoms with van der Waals surface area (Å²) in [5, 5.41) is 5.43. The largest absolute Gasteiger partial charge is 0.336 e. The molecule has 1 aliphatic heterocycles. The number of aromatic nitrogens is 2. The summed E-state index contributed by atoms with van der Waals surface area (Å²) in [4.78, 5) is 26.4. The zero-order valence-corrected chi connectivity index (χ0v) is 19.8. The molecular formula is C22H26N4OS3. The van der Waals surface area contributed by atoms with E-state index in [4.69, 9.17) is 0 Å². The van der Waals surface area contributed by atoms with Crippen molar-refractivity contribution in [2.75, 3.05) is 26.2 Å². The Morgan fingerprint density at radius 3 is 2.47 bits per heavy atom. The molecule has 4 rings (SSSR count). The monoisotopic (exact) mass is 458 g/mol. The van der Waals surface area contributed by atoms with Crippen LogP contribution in [0, 0.1) is 6.92 Å². The predicted molar refractivity (Wildman–Crippen MR) is 126 cm³/mol. The van der Waals surface area contributed by atoms with Crippen molar-refractivity contribution >= 4 is 40.3 Å². The molecule has 0 spiro atoms. The smallest absolute Gasteiger partial charge is 0.253 e. The SMILES string of the molecule is CCc1nc(CN2CCN(C(=O)c3ccc(CSc4nc(C)cs4)cc3)CC2)cs1. The summed E-state index contributed by atoms with van der Waals surface area (Å²) in [6.45, 7) is 8.36. The van der Waals surface area contributed by atoms with Gasteiger partial charge in [0.15, 0.2) is 0 Å². The zero-order chi connectivity index (χ0) is 20.9. The van der Waals surface area contributed by atoms with E-state index in [2.05, 4.69) is 44.7 Å². The minimum absolute atomic E-state index is 0.131. The molecule has 1 amide bonds. The lowest BCUT2D eigenvalue weighted by Gasteiger charge is -2.34. The Labute approximate surface area is 190 Å². The average molecular weight is 459 g/mol. The third kappa shape index (κ3) is 5.49. The van der Waals surface area contributed by atoms with E-state index in [1.165, 1.54) is 10.6 Å². The highest BCUT2D eigenvalue weighted by molar-refractivity contribution is 8.00. The number of benzene rings is 1. The van der Waals surface area contributed by atoms with Gasteiger partial charge >= 0.3 is 0 Å². The quantitative estimate of drug-likeness (QED) is 0.480. The molecule has 1 saturated heterocycles. The highest BCUT2D eigenvalue weighted by Crippen LogP contribution is 2.26. The van der Waals surface area contributed by atoms with E-state index in [0.29, 0.717) is 0 Å². The van der Waals surface area contributed by atoms with Crippen LogP contribution in [0.4, 0.5) is 0 Å². The summed E-state index contributed by atoms with van der Waals surface area (Å²) >= 11 is 5.16. The Hall–Kier alpha value is -1.74. The van der Waals surface area contributed by atoms with Crippen molar-refractivity contribution in [2.24, 2.45) is 0 Å². The van der Waals surface area contributed by atoms with E-state index < -0.39 is 0 Å². The molecule has 1 aromatic carbocycles. The van der Waals surface area contributed by atoms with Gasteiger partial charge < -0.3 is 4.90 Å².